The highest BCUT2D eigenvalue weighted by molar-refractivity contribution is 5.30. The lowest BCUT2D eigenvalue weighted by Crippen LogP contribution is -2.20. The van der Waals surface area contributed by atoms with Crippen LogP contribution in [0.15, 0.2) is 24.2 Å². The van der Waals surface area contributed by atoms with Gasteiger partial charge in [0.15, 0.2) is 12.6 Å². The summed E-state index contributed by atoms with van der Waals surface area (Å²) >= 11 is 0. The Hall–Kier alpha value is -1.39. The van der Waals surface area contributed by atoms with Crippen LogP contribution in [0.25, 0.3) is 0 Å². The summed E-state index contributed by atoms with van der Waals surface area (Å²) in [5.74, 6) is 3.83. The van der Waals surface area contributed by atoms with Crippen LogP contribution in [-0.4, -0.2) is 50.5 Å². The minimum atomic E-state index is -1.30. The molecule has 0 saturated heterocycles. The van der Waals surface area contributed by atoms with E-state index in [-0.39, 0.29) is 19.2 Å². The highest BCUT2D eigenvalue weighted by Gasteiger charge is 2.20. The van der Waals surface area contributed by atoms with E-state index in [0.717, 1.165) is 0 Å². The topological polar surface area (TPSA) is 57.2 Å². The van der Waals surface area contributed by atoms with Gasteiger partial charge in [0, 0.05) is 7.11 Å². The van der Waals surface area contributed by atoms with Crippen molar-refractivity contribution in [3.05, 3.63) is 24.2 Å². The molecule has 0 amide bonds. The molecule has 23 heavy (non-hydrogen) atoms. The Morgan fingerprint density at radius 3 is 2.61 bits per heavy atom. The van der Waals surface area contributed by atoms with Crippen molar-refractivity contribution in [2.45, 2.75) is 38.9 Å². The molecule has 0 aromatic carbocycles. The van der Waals surface area contributed by atoms with E-state index in [1.54, 1.807) is 13.2 Å². The Balaban J connectivity index is 5.08. The van der Waals surface area contributed by atoms with Crippen molar-refractivity contribution >= 4 is 0 Å². The third-order valence-electron chi connectivity index (χ3n) is 2.50. The van der Waals surface area contributed by atoms with Crippen LogP contribution in [0.4, 0.5) is 4.39 Å². The molecule has 1 N–H and O–H groups in total. The maximum Gasteiger partial charge on any atom is 0.213 e. The first-order chi connectivity index (χ1) is 10.9. The van der Waals surface area contributed by atoms with Gasteiger partial charge in [-0.2, -0.15) is 4.39 Å². The van der Waals surface area contributed by atoms with E-state index >= 15 is 0 Å². The zero-order valence-electron chi connectivity index (χ0n) is 14.4. The number of rotatable bonds is 11. The number of hydrogen-bond acceptors (Lipinski definition) is 5. The number of methoxy groups -OCH3 is 1. The van der Waals surface area contributed by atoms with E-state index in [9.17, 15) is 9.50 Å². The van der Waals surface area contributed by atoms with Crippen LogP contribution in [0.1, 0.15) is 27.2 Å². The van der Waals surface area contributed by atoms with Gasteiger partial charge in [0.25, 0.3) is 0 Å². The lowest BCUT2D eigenvalue weighted by Gasteiger charge is -2.19. The summed E-state index contributed by atoms with van der Waals surface area (Å²) in [5.41, 5.74) is -1.30. The lowest BCUT2D eigenvalue weighted by molar-refractivity contribution is -0.0639. The number of aliphatic hydroxyl groups is 1. The molecule has 0 saturated carbocycles. The minimum absolute atomic E-state index is 0.0523. The fourth-order valence-electron chi connectivity index (χ4n) is 1.44. The summed E-state index contributed by atoms with van der Waals surface area (Å²) in [4.78, 5) is 0. The molecule has 6 heteroatoms. The van der Waals surface area contributed by atoms with E-state index in [4.69, 9.17) is 18.9 Å². The first-order valence-electron chi connectivity index (χ1n) is 7.42. The SMILES string of the molecule is C=CCOC(CC)/C(OCOCCOC)=C(\F)C#CC(C)(C)O. The van der Waals surface area contributed by atoms with Gasteiger partial charge in [-0.1, -0.05) is 18.9 Å². The molecule has 0 aliphatic heterocycles. The Bertz CT molecular complexity index is 428. The molecule has 0 bridgehead atoms. The Kier molecular flexibility index (Phi) is 11.4. The summed E-state index contributed by atoms with van der Waals surface area (Å²) < 4.78 is 35.2. The Morgan fingerprint density at radius 1 is 1.39 bits per heavy atom. The molecule has 132 valence electrons. The molecular weight excluding hydrogens is 303 g/mol. The Morgan fingerprint density at radius 2 is 2.09 bits per heavy atom. The zero-order chi connectivity index (χ0) is 17.7. The van der Waals surface area contributed by atoms with Gasteiger partial charge in [-0.15, -0.1) is 6.58 Å². The van der Waals surface area contributed by atoms with Gasteiger partial charge < -0.3 is 24.1 Å². The molecule has 0 fully saturated rings. The zero-order valence-corrected chi connectivity index (χ0v) is 14.4. The summed E-state index contributed by atoms with van der Waals surface area (Å²) in [7, 11) is 1.55. The van der Waals surface area contributed by atoms with Crippen molar-refractivity contribution in [3.63, 3.8) is 0 Å². The first-order valence-corrected chi connectivity index (χ1v) is 7.42. The van der Waals surface area contributed by atoms with Crippen molar-refractivity contribution in [1.82, 2.24) is 0 Å². The van der Waals surface area contributed by atoms with E-state index in [1.165, 1.54) is 13.8 Å². The van der Waals surface area contributed by atoms with Crippen molar-refractivity contribution in [1.29, 1.82) is 0 Å². The highest BCUT2D eigenvalue weighted by atomic mass is 19.1. The first kappa shape index (κ1) is 21.6. The summed E-state index contributed by atoms with van der Waals surface area (Å²) in [5, 5.41) is 9.57. The van der Waals surface area contributed by atoms with Gasteiger partial charge in [0.2, 0.25) is 5.83 Å². The van der Waals surface area contributed by atoms with Crippen LogP contribution in [0.3, 0.4) is 0 Å². The Labute approximate surface area is 138 Å². The van der Waals surface area contributed by atoms with Crippen molar-refractivity contribution in [3.8, 4) is 11.8 Å². The van der Waals surface area contributed by atoms with Crippen molar-refractivity contribution < 1.29 is 28.4 Å². The van der Waals surface area contributed by atoms with E-state index < -0.39 is 17.5 Å². The van der Waals surface area contributed by atoms with E-state index in [0.29, 0.717) is 19.6 Å². The molecule has 1 atom stereocenters. The largest absolute Gasteiger partial charge is 0.465 e. The average molecular weight is 330 g/mol. The van der Waals surface area contributed by atoms with Gasteiger partial charge in [0.1, 0.15) is 11.7 Å². The monoisotopic (exact) mass is 330 g/mol. The normalized spacial score (nSPS) is 13.7. The fourth-order valence-corrected chi connectivity index (χ4v) is 1.44. The maximum absolute atomic E-state index is 14.3. The molecule has 1 unspecified atom stereocenters. The van der Waals surface area contributed by atoms with Crippen LogP contribution < -0.4 is 0 Å². The van der Waals surface area contributed by atoms with Crippen LogP contribution >= 0.6 is 0 Å². The smallest absolute Gasteiger partial charge is 0.213 e. The second-order valence-corrected chi connectivity index (χ2v) is 5.17. The van der Waals surface area contributed by atoms with Crippen LogP contribution in [0.2, 0.25) is 0 Å². The molecule has 0 aliphatic rings. The third-order valence-corrected chi connectivity index (χ3v) is 2.50. The van der Waals surface area contributed by atoms with Crippen LogP contribution in [0, 0.1) is 11.8 Å². The summed E-state index contributed by atoms with van der Waals surface area (Å²) in [6.45, 7) is 9.16. The third kappa shape index (κ3) is 10.9. The molecule has 5 nitrogen and oxygen atoms in total. The summed E-state index contributed by atoms with van der Waals surface area (Å²) in [6.07, 6.45) is 1.43. The minimum Gasteiger partial charge on any atom is -0.465 e. The molecule has 0 spiro atoms. The fraction of sp³-hybridized carbons (Fsp3) is 0.647. The highest BCUT2D eigenvalue weighted by Crippen LogP contribution is 2.18. The maximum atomic E-state index is 14.3. The predicted molar refractivity (Wildman–Crippen MR) is 86.2 cm³/mol. The molecule has 0 rings (SSSR count). The quantitative estimate of drug-likeness (QED) is 0.207. The van der Waals surface area contributed by atoms with Crippen molar-refractivity contribution in [2.75, 3.05) is 33.7 Å². The standard InChI is InChI=1S/C17H27FO5/c1-6-10-22-15(7-2)16(23-13-21-12-11-20-5)14(18)8-9-17(3,4)19/h6,15,19H,1,7,10-13H2,2-5H3/b16-14+. The van der Waals surface area contributed by atoms with E-state index in [1.807, 2.05) is 6.92 Å². The average Bonchev–Trinajstić information content (AvgIpc) is 2.50. The summed E-state index contributed by atoms with van der Waals surface area (Å²) in [6, 6.07) is 0. The van der Waals surface area contributed by atoms with Crippen molar-refractivity contribution in [2.24, 2.45) is 0 Å². The second-order valence-electron chi connectivity index (χ2n) is 5.17. The lowest BCUT2D eigenvalue weighted by atomic mass is 10.1. The molecule has 0 aliphatic carbocycles. The van der Waals surface area contributed by atoms with Gasteiger partial charge in [-0.05, 0) is 26.2 Å². The number of allylic oxidation sites excluding steroid dienone is 1. The predicted octanol–water partition coefficient (Wildman–Crippen LogP) is 2.56. The second kappa shape index (κ2) is 12.1. The molecule has 0 heterocycles. The van der Waals surface area contributed by atoms with Gasteiger partial charge in [-0.3, -0.25) is 0 Å². The van der Waals surface area contributed by atoms with Gasteiger partial charge in [-0.25, -0.2) is 0 Å². The van der Waals surface area contributed by atoms with Gasteiger partial charge in [0.05, 0.1) is 19.8 Å². The number of hydrogen-bond donors (Lipinski definition) is 1. The van der Waals surface area contributed by atoms with Crippen LogP contribution in [-0.2, 0) is 18.9 Å². The molecular formula is C17H27FO5. The number of halogens is 1. The molecule has 0 aromatic heterocycles. The number of ether oxygens (including phenoxy) is 4. The molecule has 0 radical (unpaired) electrons. The van der Waals surface area contributed by atoms with Crippen LogP contribution in [0.5, 0.6) is 0 Å². The van der Waals surface area contributed by atoms with Gasteiger partial charge >= 0.3 is 0 Å². The van der Waals surface area contributed by atoms with E-state index in [2.05, 4.69) is 18.4 Å². The molecule has 0 aromatic rings.